The summed E-state index contributed by atoms with van der Waals surface area (Å²) in [5.41, 5.74) is 0. The molecular formula is C13H22N2O3. The molecule has 2 aliphatic rings. The Hall–Kier alpha value is -1.10. The Morgan fingerprint density at radius 1 is 1.22 bits per heavy atom. The molecular weight excluding hydrogens is 232 g/mol. The van der Waals surface area contributed by atoms with Crippen molar-refractivity contribution in [2.75, 3.05) is 32.8 Å². The van der Waals surface area contributed by atoms with E-state index < -0.39 is 0 Å². The third kappa shape index (κ3) is 3.22. The SMILES string of the molecule is CC(CCN1CCCCC1=O)N1CCOCC1=O. The summed E-state index contributed by atoms with van der Waals surface area (Å²) in [6.45, 7) is 5.20. The predicted molar refractivity (Wildman–Crippen MR) is 67.0 cm³/mol. The standard InChI is InChI=1S/C13H22N2O3/c1-11(15-8-9-18-10-13(15)17)5-7-14-6-3-2-4-12(14)16/h11H,2-10H2,1H3. The number of likely N-dealkylation sites (tertiary alicyclic amines) is 1. The fourth-order valence-corrected chi connectivity index (χ4v) is 2.59. The molecule has 0 N–H and O–H groups in total. The highest BCUT2D eigenvalue weighted by molar-refractivity contribution is 5.78. The molecule has 5 nitrogen and oxygen atoms in total. The Bertz CT molecular complexity index is 319. The molecule has 0 saturated carbocycles. The van der Waals surface area contributed by atoms with E-state index in [-0.39, 0.29) is 24.5 Å². The van der Waals surface area contributed by atoms with Gasteiger partial charge in [0.1, 0.15) is 6.61 Å². The maximum absolute atomic E-state index is 11.7. The van der Waals surface area contributed by atoms with Gasteiger partial charge in [-0.2, -0.15) is 0 Å². The lowest BCUT2D eigenvalue weighted by molar-refractivity contribution is -0.145. The summed E-state index contributed by atoms with van der Waals surface area (Å²) in [4.78, 5) is 27.2. The summed E-state index contributed by atoms with van der Waals surface area (Å²) < 4.78 is 5.12. The van der Waals surface area contributed by atoms with E-state index in [1.54, 1.807) is 0 Å². The second-order valence-electron chi connectivity index (χ2n) is 5.12. The van der Waals surface area contributed by atoms with Gasteiger partial charge in [0, 0.05) is 32.1 Å². The molecule has 1 unspecified atom stereocenters. The Morgan fingerprint density at radius 3 is 2.78 bits per heavy atom. The van der Waals surface area contributed by atoms with Crippen molar-refractivity contribution in [3.05, 3.63) is 0 Å². The molecule has 2 fully saturated rings. The maximum Gasteiger partial charge on any atom is 0.248 e. The first kappa shape index (κ1) is 13.3. The topological polar surface area (TPSA) is 49.9 Å². The first-order valence-corrected chi connectivity index (χ1v) is 6.83. The van der Waals surface area contributed by atoms with E-state index in [4.69, 9.17) is 4.74 Å². The summed E-state index contributed by atoms with van der Waals surface area (Å²) in [5, 5.41) is 0. The quantitative estimate of drug-likeness (QED) is 0.739. The van der Waals surface area contributed by atoms with E-state index in [2.05, 4.69) is 6.92 Å². The van der Waals surface area contributed by atoms with Crippen LogP contribution in [-0.2, 0) is 14.3 Å². The number of nitrogens with zero attached hydrogens (tertiary/aromatic N) is 2. The zero-order valence-electron chi connectivity index (χ0n) is 11.1. The van der Waals surface area contributed by atoms with E-state index >= 15 is 0 Å². The molecule has 18 heavy (non-hydrogen) atoms. The van der Waals surface area contributed by atoms with Crippen LogP contribution in [0, 0.1) is 0 Å². The lowest BCUT2D eigenvalue weighted by Gasteiger charge is -2.34. The lowest BCUT2D eigenvalue weighted by Crippen LogP contribution is -2.48. The molecule has 2 amide bonds. The summed E-state index contributed by atoms with van der Waals surface area (Å²) >= 11 is 0. The molecule has 2 saturated heterocycles. The average Bonchev–Trinajstić information content (AvgIpc) is 2.38. The van der Waals surface area contributed by atoms with Crippen LogP contribution >= 0.6 is 0 Å². The third-order valence-electron chi connectivity index (χ3n) is 3.79. The summed E-state index contributed by atoms with van der Waals surface area (Å²) in [6.07, 6.45) is 3.67. The minimum absolute atomic E-state index is 0.0683. The molecule has 2 heterocycles. The Morgan fingerprint density at radius 2 is 2.06 bits per heavy atom. The first-order chi connectivity index (χ1) is 8.68. The number of carbonyl (C=O) groups is 2. The summed E-state index contributed by atoms with van der Waals surface area (Å²) in [5.74, 6) is 0.334. The normalized spacial score (nSPS) is 23.4. The van der Waals surface area contributed by atoms with Gasteiger partial charge in [-0.3, -0.25) is 9.59 Å². The lowest BCUT2D eigenvalue weighted by atomic mass is 10.1. The smallest absolute Gasteiger partial charge is 0.248 e. The highest BCUT2D eigenvalue weighted by Crippen LogP contribution is 2.14. The molecule has 0 aliphatic carbocycles. The van der Waals surface area contributed by atoms with E-state index in [1.165, 1.54) is 0 Å². The highest BCUT2D eigenvalue weighted by atomic mass is 16.5. The molecule has 102 valence electrons. The molecule has 1 atom stereocenters. The molecule has 0 radical (unpaired) electrons. The van der Waals surface area contributed by atoms with Crippen LogP contribution in [0.15, 0.2) is 0 Å². The van der Waals surface area contributed by atoms with Gasteiger partial charge in [-0.1, -0.05) is 0 Å². The fraction of sp³-hybridized carbons (Fsp3) is 0.846. The number of hydrogen-bond acceptors (Lipinski definition) is 3. The Labute approximate surface area is 108 Å². The van der Waals surface area contributed by atoms with Gasteiger partial charge in [-0.25, -0.2) is 0 Å². The van der Waals surface area contributed by atoms with Crippen LogP contribution in [0.3, 0.4) is 0 Å². The van der Waals surface area contributed by atoms with Crippen LogP contribution in [0.25, 0.3) is 0 Å². The van der Waals surface area contributed by atoms with Crippen molar-refractivity contribution in [2.45, 2.75) is 38.6 Å². The molecule has 0 spiro atoms. The van der Waals surface area contributed by atoms with Crippen molar-refractivity contribution in [1.82, 2.24) is 9.80 Å². The van der Waals surface area contributed by atoms with Crippen LogP contribution in [-0.4, -0.2) is 60.5 Å². The number of ether oxygens (including phenoxy) is 1. The average molecular weight is 254 g/mol. The van der Waals surface area contributed by atoms with E-state index in [9.17, 15) is 9.59 Å². The van der Waals surface area contributed by atoms with Crippen molar-refractivity contribution in [3.8, 4) is 0 Å². The van der Waals surface area contributed by atoms with Crippen molar-refractivity contribution >= 4 is 11.8 Å². The molecule has 0 aromatic carbocycles. The number of hydrogen-bond donors (Lipinski definition) is 0. The van der Waals surface area contributed by atoms with Crippen molar-refractivity contribution in [1.29, 1.82) is 0 Å². The molecule has 0 bridgehead atoms. The van der Waals surface area contributed by atoms with E-state index in [0.717, 1.165) is 32.4 Å². The Balaban J connectivity index is 1.78. The van der Waals surface area contributed by atoms with Gasteiger partial charge < -0.3 is 14.5 Å². The third-order valence-corrected chi connectivity index (χ3v) is 3.79. The number of piperidine rings is 1. The van der Waals surface area contributed by atoms with Gasteiger partial charge in [0.05, 0.1) is 6.61 Å². The van der Waals surface area contributed by atoms with Gasteiger partial charge in [-0.05, 0) is 26.2 Å². The van der Waals surface area contributed by atoms with Crippen molar-refractivity contribution in [3.63, 3.8) is 0 Å². The molecule has 5 heteroatoms. The van der Waals surface area contributed by atoms with Crippen LogP contribution in [0.1, 0.15) is 32.6 Å². The molecule has 2 aliphatic heterocycles. The van der Waals surface area contributed by atoms with Gasteiger partial charge in [0.2, 0.25) is 11.8 Å². The second kappa shape index (κ2) is 6.18. The molecule has 0 aromatic heterocycles. The minimum Gasteiger partial charge on any atom is -0.370 e. The maximum atomic E-state index is 11.7. The summed E-state index contributed by atoms with van der Waals surface area (Å²) in [7, 11) is 0. The van der Waals surface area contributed by atoms with Gasteiger partial charge in [0.15, 0.2) is 0 Å². The Kier molecular flexibility index (Phi) is 4.58. The van der Waals surface area contributed by atoms with Gasteiger partial charge in [-0.15, -0.1) is 0 Å². The zero-order valence-corrected chi connectivity index (χ0v) is 11.1. The van der Waals surface area contributed by atoms with Gasteiger partial charge >= 0.3 is 0 Å². The van der Waals surface area contributed by atoms with Crippen molar-refractivity contribution < 1.29 is 14.3 Å². The zero-order chi connectivity index (χ0) is 13.0. The minimum atomic E-state index is 0.0683. The monoisotopic (exact) mass is 254 g/mol. The van der Waals surface area contributed by atoms with E-state index in [0.29, 0.717) is 19.6 Å². The number of carbonyl (C=O) groups excluding carboxylic acids is 2. The number of amides is 2. The van der Waals surface area contributed by atoms with Gasteiger partial charge in [0.25, 0.3) is 0 Å². The van der Waals surface area contributed by atoms with Crippen LogP contribution in [0.4, 0.5) is 0 Å². The van der Waals surface area contributed by atoms with Crippen LogP contribution < -0.4 is 0 Å². The largest absolute Gasteiger partial charge is 0.370 e. The van der Waals surface area contributed by atoms with Crippen molar-refractivity contribution in [2.24, 2.45) is 0 Å². The fourth-order valence-electron chi connectivity index (χ4n) is 2.59. The van der Waals surface area contributed by atoms with E-state index in [1.807, 2.05) is 9.80 Å². The number of rotatable bonds is 4. The first-order valence-electron chi connectivity index (χ1n) is 6.83. The number of morpholine rings is 1. The summed E-state index contributed by atoms with van der Waals surface area (Å²) in [6, 6.07) is 0.191. The molecule has 2 rings (SSSR count). The van der Waals surface area contributed by atoms with Crippen LogP contribution in [0.2, 0.25) is 0 Å². The van der Waals surface area contributed by atoms with Crippen LogP contribution in [0.5, 0.6) is 0 Å². The highest BCUT2D eigenvalue weighted by Gasteiger charge is 2.25. The second-order valence-corrected chi connectivity index (χ2v) is 5.12. The molecule has 0 aromatic rings. The predicted octanol–water partition coefficient (Wildman–Crippen LogP) is 0.636.